The molecule has 1 aromatic carbocycles. The van der Waals surface area contributed by atoms with Crippen LogP contribution < -0.4 is 0 Å². The maximum Gasteiger partial charge on any atom is 0.338 e. The first kappa shape index (κ1) is 20.7. The van der Waals surface area contributed by atoms with E-state index < -0.39 is 0 Å². The second-order valence-electron chi connectivity index (χ2n) is 6.28. The van der Waals surface area contributed by atoms with Gasteiger partial charge in [-0.1, -0.05) is 70.6 Å². The van der Waals surface area contributed by atoms with Crippen LogP contribution in [0.2, 0.25) is 0 Å². The first-order chi connectivity index (χ1) is 11.8. The van der Waals surface area contributed by atoms with Crippen LogP contribution >= 0.6 is 0 Å². The lowest BCUT2D eigenvalue weighted by Gasteiger charge is -2.09. The number of hydrogen-bond donors (Lipinski definition) is 0. The number of esters is 1. The number of rotatable bonds is 14. The number of aryl methyl sites for hydroxylation is 1. The molecule has 0 spiro atoms. The lowest BCUT2D eigenvalue weighted by atomic mass is 10.0. The molecule has 0 radical (unpaired) electrons. The molecule has 1 rings (SSSR count). The van der Waals surface area contributed by atoms with Crippen molar-refractivity contribution in [2.75, 3.05) is 19.8 Å². The zero-order valence-electron chi connectivity index (χ0n) is 15.5. The van der Waals surface area contributed by atoms with Crippen molar-refractivity contribution in [3.05, 3.63) is 35.4 Å². The van der Waals surface area contributed by atoms with Gasteiger partial charge in [0.25, 0.3) is 0 Å². The number of benzene rings is 1. The highest BCUT2D eigenvalue weighted by atomic mass is 16.6. The van der Waals surface area contributed by atoms with Gasteiger partial charge in [0.1, 0.15) is 6.61 Å². The first-order valence-electron chi connectivity index (χ1n) is 9.62. The van der Waals surface area contributed by atoms with Crippen LogP contribution in [0.25, 0.3) is 0 Å². The third-order valence-electron chi connectivity index (χ3n) is 4.14. The topological polar surface area (TPSA) is 35.5 Å². The molecule has 0 heterocycles. The molecule has 0 bridgehead atoms. The summed E-state index contributed by atoms with van der Waals surface area (Å²) in [5, 5.41) is 0. The van der Waals surface area contributed by atoms with Gasteiger partial charge in [-0.2, -0.15) is 0 Å². The van der Waals surface area contributed by atoms with Crippen LogP contribution in [0.1, 0.15) is 81.1 Å². The quantitative estimate of drug-likeness (QED) is 0.330. The van der Waals surface area contributed by atoms with Gasteiger partial charge in [-0.05, 0) is 30.9 Å². The SMILES string of the molecule is CCCCCCCCOCCOC(=O)c1ccccc1CCCC. The summed E-state index contributed by atoms with van der Waals surface area (Å²) < 4.78 is 10.9. The Morgan fingerprint density at radius 3 is 2.33 bits per heavy atom. The minimum absolute atomic E-state index is 0.232. The Morgan fingerprint density at radius 2 is 1.54 bits per heavy atom. The fourth-order valence-corrected chi connectivity index (χ4v) is 2.66. The Kier molecular flexibility index (Phi) is 12.1. The number of hydrogen-bond acceptors (Lipinski definition) is 3. The fourth-order valence-electron chi connectivity index (χ4n) is 2.66. The second-order valence-corrected chi connectivity index (χ2v) is 6.28. The number of carbonyl (C=O) groups excluding carboxylic acids is 1. The van der Waals surface area contributed by atoms with E-state index in [1.54, 1.807) is 0 Å². The van der Waals surface area contributed by atoms with Crippen LogP contribution in [-0.2, 0) is 15.9 Å². The van der Waals surface area contributed by atoms with E-state index in [0.717, 1.165) is 37.9 Å². The van der Waals surface area contributed by atoms with E-state index in [-0.39, 0.29) is 5.97 Å². The predicted molar refractivity (Wildman–Crippen MR) is 99.5 cm³/mol. The van der Waals surface area contributed by atoms with Crippen molar-refractivity contribution in [1.82, 2.24) is 0 Å². The monoisotopic (exact) mass is 334 g/mol. The molecule has 3 heteroatoms. The Hall–Kier alpha value is -1.35. The molecule has 0 aliphatic carbocycles. The third kappa shape index (κ3) is 9.07. The first-order valence-corrected chi connectivity index (χ1v) is 9.62. The van der Waals surface area contributed by atoms with E-state index in [1.807, 2.05) is 24.3 Å². The van der Waals surface area contributed by atoms with Crippen LogP contribution in [0.15, 0.2) is 24.3 Å². The van der Waals surface area contributed by atoms with Gasteiger partial charge in [0.2, 0.25) is 0 Å². The summed E-state index contributed by atoms with van der Waals surface area (Å²) in [5.74, 6) is -0.232. The Morgan fingerprint density at radius 1 is 0.833 bits per heavy atom. The minimum Gasteiger partial charge on any atom is -0.460 e. The molecular weight excluding hydrogens is 300 g/mol. The van der Waals surface area contributed by atoms with E-state index in [9.17, 15) is 4.79 Å². The average molecular weight is 335 g/mol. The molecule has 136 valence electrons. The van der Waals surface area contributed by atoms with Gasteiger partial charge >= 0.3 is 5.97 Å². The number of ether oxygens (including phenoxy) is 2. The van der Waals surface area contributed by atoms with Gasteiger partial charge in [-0.3, -0.25) is 0 Å². The average Bonchev–Trinajstić information content (AvgIpc) is 2.61. The molecule has 0 saturated carbocycles. The molecule has 0 atom stereocenters. The predicted octanol–water partition coefficient (Wildman–Crippen LogP) is 5.56. The maximum atomic E-state index is 12.2. The molecule has 3 nitrogen and oxygen atoms in total. The van der Waals surface area contributed by atoms with Gasteiger partial charge in [0, 0.05) is 6.61 Å². The van der Waals surface area contributed by atoms with Gasteiger partial charge in [-0.15, -0.1) is 0 Å². The molecule has 0 fully saturated rings. The third-order valence-corrected chi connectivity index (χ3v) is 4.14. The molecule has 1 aromatic rings. The molecule has 0 aromatic heterocycles. The molecule has 24 heavy (non-hydrogen) atoms. The standard InChI is InChI=1S/C21H34O3/c1-3-5-7-8-9-12-16-23-17-18-24-21(22)20-15-11-10-14-19(20)13-6-4-2/h10-11,14-15H,3-9,12-13,16-18H2,1-2H3. The summed E-state index contributed by atoms with van der Waals surface area (Å²) in [6.45, 7) is 5.96. The summed E-state index contributed by atoms with van der Waals surface area (Å²) in [6.07, 6.45) is 10.7. The van der Waals surface area contributed by atoms with Crippen molar-refractivity contribution < 1.29 is 14.3 Å². The van der Waals surface area contributed by atoms with Crippen LogP contribution in [-0.4, -0.2) is 25.8 Å². The zero-order valence-corrected chi connectivity index (χ0v) is 15.5. The van der Waals surface area contributed by atoms with Gasteiger partial charge in [0.15, 0.2) is 0 Å². The second kappa shape index (κ2) is 14.0. The van der Waals surface area contributed by atoms with E-state index in [2.05, 4.69) is 13.8 Å². The van der Waals surface area contributed by atoms with Crippen molar-refractivity contribution in [3.63, 3.8) is 0 Å². The minimum atomic E-state index is -0.232. The molecule has 0 saturated heterocycles. The van der Waals surface area contributed by atoms with E-state index >= 15 is 0 Å². The van der Waals surface area contributed by atoms with Crippen molar-refractivity contribution in [1.29, 1.82) is 0 Å². The highest BCUT2D eigenvalue weighted by molar-refractivity contribution is 5.91. The van der Waals surface area contributed by atoms with E-state index in [0.29, 0.717) is 18.8 Å². The van der Waals surface area contributed by atoms with Crippen LogP contribution in [0.5, 0.6) is 0 Å². The summed E-state index contributed by atoms with van der Waals surface area (Å²) in [7, 11) is 0. The molecule has 0 aliphatic rings. The molecule has 0 N–H and O–H groups in total. The van der Waals surface area contributed by atoms with Crippen molar-refractivity contribution >= 4 is 5.97 Å². The Bertz CT molecular complexity index is 442. The lowest BCUT2D eigenvalue weighted by molar-refractivity contribution is 0.0311. The smallest absolute Gasteiger partial charge is 0.338 e. The molecule has 0 unspecified atom stereocenters. The lowest BCUT2D eigenvalue weighted by Crippen LogP contribution is -2.13. The van der Waals surface area contributed by atoms with Crippen LogP contribution in [0, 0.1) is 0 Å². The zero-order chi connectivity index (χ0) is 17.5. The summed E-state index contributed by atoms with van der Waals surface area (Å²) >= 11 is 0. The van der Waals surface area contributed by atoms with E-state index in [4.69, 9.17) is 9.47 Å². The molecule has 0 aliphatic heterocycles. The van der Waals surface area contributed by atoms with Crippen molar-refractivity contribution in [2.24, 2.45) is 0 Å². The summed E-state index contributed by atoms with van der Waals surface area (Å²) in [4.78, 5) is 12.2. The van der Waals surface area contributed by atoms with Gasteiger partial charge in [-0.25, -0.2) is 4.79 Å². The highest BCUT2D eigenvalue weighted by Gasteiger charge is 2.11. The number of unbranched alkanes of at least 4 members (excludes halogenated alkanes) is 6. The maximum absolute atomic E-state index is 12.2. The van der Waals surface area contributed by atoms with Crippen LogP contribution in [0.3, 0.4) is 0 Å². The normalized spacial score (nSPS) is 10.8. The molecule has 0 amide bonds. The van der Waals surface area contributed by atoms with Crippen molar-refractivity contribution in [3.8, 4) is 0 Å². The fraction of sp³-hybridized carbons (Fsp3) is 0.667. The summed E-state index contributed by atoms with van der Waals surface area (Å²) in [5.41, 5.74) is 1.78. The van der Waals surface area contributed by atoms with Crippen molar-refractivity contribution in [2.45, 2.75) is 71.6 Å². The summed E-state index contributed by atoms with van der Waals surface area (Å²) in [6, 6.07) is 7.73. The van der Waals surface area contributed by atoms with Crippen LogP contribution in [0.4, 0.5) is 0 Å². The van der Waals surface area contributed by atoms with E-state index in [1.165, 1.54) is 32.1 Å². The highest BCUT2D eigenvalue weighted by Crippen LogP contribution is 2.13. The van der Waals surface area contributed by atoms with Gasteiger partial charge < -0.3 is 9.47 Å². The Labute approximate surface area is 147 Å². The molecular formula is C21H34O3. The number of carbonyl (C=O) groups is 1. The van der Waals surface area contributed by atoms with Gasteiger partial charge in [0.05, 0.1) is 12.2 Å². The Balaban J connectivity index is 2.14. The largest absolute Gasteiger partial charge is 0.460 e.